The molecule has 2 aromatic heterocycles. The van der Waals surface area contributed by atoms with Gasteiger partial charge in [-0.1, -0.05) is 6.92 Å². The van der Waals surface area contributed by atoms with Gasteiger partial charge < -0.3 is 19.5 Å². The Bertz CT molecular complexity index is 843. The van der Waals surface area contributed by atoms with E-state index >= 15 is 0 Å². The number of hydrogen-bond acceptors (Lipinski definition) is 6. The summed E-state index contributed by atoms with van der Waals surface area (Å²) in [6.45, 7) is 2.26. The highest BCUT2D eigenvalue weighted by Gasteiger charge is 2.28. The summed E-state index contributed by atoms with van der Waals surface area (Å²) in [5.74, 6) is 0.221. The van der Waals surface area contributed by atoms with Gasteiger partial charge in [0.15, 0.2) is 5.88 Å². The molecule has 2 heterocycles. The fourth-order valence-electron chi connectivity index (χ4n) is 3.27. The highest BCUT2D eigenvalue weighted by atomic mass is 16.5. The summed E-state index contributed by atoms with van der Waals surface area (Å²) in [7, 11) is 0. The van der Waals surface area contributed by atoms with E-state index in [4.69, 9.17) is 9.84 Å². The molecule has 1 saturated carbocycles. The van der Waals surface area contributed by atoms with Gasteiger partial charge in [0.2, 0.25) is 6.41 Å². The molecule has 0 saturated heterocycles. The van der Waals surface area contributed by atoms with Crippen LogP contribution < -0.4 is 4.74 Å². The van der Waals surface area contributed by atoms with Crippen molar-refractivity contribution in [3.63, 3.8) is 0 Å². The fourth-order valence-corrected chi connectivity index (χ4v) is 3.27. The zero-order valence-electron chi connectivity index (χ0n) is 16.6. The van der Waals surface area contributed by atoms with Gasteiger partial charge in [-0.05, 0) is 49.8 Å². The van der Waals surface area contributed by atoms with Crippen LogP contribution in [-0.2, 0) is 17.8 Å². The smallest absolute Gasteiger partial charge is 0.277 e. The zero-order valence-corrected chi connectivity index (χ0v) is 16.6. The topological polar surface area (TPSA) is 105 Å². The third-order valence-electron chi connectivity index (χ3n) is 5.14. The maximum Gasteiger partial charge on any atom is 0.277 e. The van der Waals surface area contributed by atoms with Crippen LogP contribution in [0.4, 0.5) is 0 Å². The second-order valence-corrected chi connectivity index (χ2v) is 7.16. The van der Waals surface area contributed by atoms with Crippen LogP contribution in [0.25, 0.3) is 0 Å². The number of amides is 2. The van der Waals surface area contributed by atoms with Crippen molar-refractivity contribution in [2.75, 3.05) is 13.2 Å². The molecule has 8 heteroatoms. The maximum absolute atomic E-state index is 13.2. The van der Waals surface area contributed by atoms with Crippen LogP contribution in [0.15, 0.2) is 24.4 Å². The van der Waals surface area contributed by atoms with E-state index in [1.54, 1.807) is 16.7 Å². The third kappa shape index (κ3) is 4.76. The lowest BCUT2D eigenvalue weighted by atomic mass is 9.96. The van der Waals surface area contributed by atoms with E-state index in [9.17, 15) is 14.7 Å². The first-order valence-corrected chi connectivity index (χ1v) is 9.97. The minimum absolute atomic E-state index is 0.0638. The second-order valence-electron chi connectivity index (χ2n) is 7.16. The molecule has 1 aliphatic carbocycles. The van der Waals surface area contributed by atoms with Gasteiger partial charge >= 0.3 is 0 Å². The molecule has 0 aliphatic heterocycles. The number of nitrogens with zero attached hydrogens (tertiary/aromatic N) is 3. The standard InChI is InChI=1S/C21H27N3O5/c1-2-15-11-19(29-18-5-3-6-18)24(13-16-7-8-17(27)12-22-16)20(15)21(28)23(14-26)9-4-10-25/h7-8,11-12,14,18,25,27H,2-6,9-10,13H2,1H3. The Hall–Kier alpha value is -2.87. The van der Waals surface area contributed by atoms with Crippen molar-refractivity contribution in [3.05, 3.63) is 41.3 Å². The molecule has 0 unspecified atom stereocenters. The molecule has 0 aromatic carbocycles. The summed E-state index contributed by atoms with van der Waals surface area (Å²) in [5, 5.41) is 18.6. The molecular formula is C21H27N3O5. The molecule has 2 N–H and O–H groups in total. The van der Waals surface area contributed by atoms with E-state index in [-0.39, 0.29) is 31.5 Å². The largest absolute Gasteiger partial charge is 0.506 e. The summed E-state index contributed by atoms with van der Waals surface area (Å²) >= 11 is 0. The minimum atomic E-state index is -0.424. The monoisotopic (exact) mass is 401 g/mol. The first-order valence-electron chi connectivity index (χ1n) is 9.97. The third-order valence-corrected chi connectivity index (χ3v) is 5.14. The van der Waals surface area contributed by atoms with E-state index < -0.39 is 5.91 Å². The summed E-state index contributed by atoms with van der Waals surface area (Å²) in [4.78, 5) is 30.0. The highest BCUT2D eigenvalue weighted by molar-refractivity contribution is 6.00. The predicted molar refractivity (Wildman–Crippen MR) is 106 cm³/mol. The Labute approximate surface area is 169 Å². The Morgan fingerprint density at radius 1 is 1.41 bits per heavy atom. The minimum Gasteiger partial charge on any atom is -0.506 e. The molecule has 0 atom stereocenters. The fraction of sp³-hybridized carbons (Fsp3) is 0.476. The number of aliphatic hydroxyl groups is 1. The van der Waals surface area contributed by atoms with Gasteiger partial charge in [-0.2, -0.15) is 0 Å². The molecule has 8 nitrogen and oxygen atoms in total. The van der Waals surface area contributed by atoms with Crippen molar-refractivity contribution in [1.29, 1.82) is 0 Å². The molecule has 2 aromatic rings. The van der Waals surface area contributed by atoms with E-state index in [1.165, 1.54) is 6.20 Å². The van der Waals surface area contributed by atoms with E-state index in [0.717, 1.165) is 29.7 Å². The SMILES string of the molecule is CCc1cc(OC2CCC2)n(Cc2ccc(O)cn2)c1C(=O)N(C=O)CCCO. The van der Waals surface area contributed by atoms with Crippen LogP contribution >= 0.6 is 0 Å². The summed E-state index contributed by atoms with van der Waals surface area (Å²) in [5.41, 5.74) is 1.84. The molecule has 0 spiro atoms. The average molecular weight is 401 g/mol. The lowest BCUT2D eigenvalue weighted by molar-refractivity contribution is -0.116. The number of rotatable bonds is 10. The van der Waals surface area contributed by atoms with Gasteiger partial charge in [-0.25, -0.2) is 0 Å². The zero-order chi connectivity index (χ0) is 20.8. The van der Waals surface area contributed by atoms with Crippen LogP contribution in [0.3, 0.4) is 0 Å². The maximum atomic E-state index is 13.2. The van der Waals surface area contributed by atoms with Crippen LogP contribution in [0.5, 0.6) is 11.6 Å². The molecule has 3 rings (SSSR count). The number of aromatic hydroxyl groups is 1. The summed E-state index contributed by atoms with van der Waals surface area (Å²) in [6, 6.07) is 5.09. The molecule has 2 amide bonds. The molecule has 1 aliphatic rings. The number of carbonyl (C=O) groups excluding carboxylic acids is 2. The number of carbonyl (C=O) groups is 2. The number of aromatic nitrogens is 2. The van der Waals surface area contributed by atoms with Crippen molar-refractivity contribution in [1.82, 2.24) is 14.5 Å². The summed E-state index contributed by atoms with van der Waals surface area (Å²) < 4.78 is 7.89. The Balaban J connectivity index is 2.00. The van der Waals surface area contributed by atoms with Crippen LogP contribution in [0.2, 0.25) is 0 Å². The number of imide groups is 1. The normalized spacial score (nSPS) is 13.7. The van der Waals surface area contributed by atoms with Gasteiger partial charge in [0.25, 0.3) is 5.91 Å². The molecule has 156 valence electrons. The molecular weight excluding hydrogens is 374 g/mol. The van der Waals surface area contributed by atoms with E-state index in [2.05, 4.69) is 4.98 Å². The second kappa shape index (κ2) is 9.56. The molecule has 0 radical (unpaired) electrons. The van der Waals surface area contributed by atoms with Gasteiger partial charge in [0.1, 0.15) is 17.5 Å². The quantitative estimate of drug-likeness (QED) is 0.591. The van der Waals surface area contributed by atoms with Crippen molar-refractivity contribution in [3.8, 4) is 11.6 Å². The van der Waals surface area contributed by atoms with Gasteiger partial charge in [-0.3, -0.25) is 19.5 Å². The number of hydrogen-bond donors (Lipinski definition) is 2. The lowest BCUT2D eigenvalue weighted by Gasteiger charge is -2.27. The van der Waals surface area contributed by atoms with Crippen molar-refractivity contribution in [2.24, 2.45) is 0 Å². The Morgan fingerprint density at radius 3 is 2.76 bits per heavy atom. The molecule has 29 heavy (non-hydrogen) atoms. The van der Waals surface area contributed by atoms with Gasteiger partial charge in [0, 0.05) is 19.2 Å². The molecule has 1 fully saturated rings. The van der Waals surface area contributed by atoms with Crippen molar-refractivity contribution >= 4 is 12.3 Å². The van der Waals surface area contributed by atoms with Gasteiger partial charge in [0.05, 0.1) is 18.4 Å². The Morgan fingerprint density at radius 2 is 2.21 bits per heavy atom. The van der Waals surface area contributed by atoms with Crippen LogP contribution in [-0.4, -0.2) is 56.2 Å². The first kappa shape index (κ1) is 20.9. The van der Waals surface area contributed by atoms with Gasteiger partial charge in [-0.15, -0.1) is 0 Å². The lowest BCUT2D eigenvalue weighted by Crippen LogP contribution is -2.34. The first-order chi connectivity index (χ1) is 14.1. The predicted octanol–water partition coefficient (Wildman–Crippen LogP) is 2.11. The number of pyridine rings is 1. The van der Waals surface area contributed by atoms with Crippen molar-refractivity contribution in [2.45, 2.75) is 51.7 Å². The molecule has 0 bridgehead atoms. The average Bonchev–Trinajstić information content (AvgIpc) is 3.04. The van der Waals surface area contributed by atoms with Crippen LogP contribution in [0, 0.1) is 0 Å². The highest BCUT2D eigenvalue weighted by Crippen LogP contribution is 2.31. The number of aliphatic hydroxyl groups excluding tert-OH is 1. The number of ether oxygens (including phenoxy) is 1. The van der Waals surface area contributed by atoms with E-state index in [0.29, 0.717) is 36.5 Å². The van der Waals surface area contributed by atoms with Crippen molar-refractivity contribution < 1.29 is 24.5 Å². The van der Waals surface area contributed by atoms with E-state index in [1.807, 2.05) is 13.0 Å². The Kier molecular flexibility index (Phi) is 6.87. The number of aryl methyl sites for hydroxylation is 1. The van der Waals surface area contributed by atoms with Crippen LogP contribution in [0.1, 0.15) is 54.4 Å². The summed E-state index contributed by atoms with van der Waals surface area (Å²) in [6.07, 6.45) is 5.97.